The Kier molecular flexibility index (Phi) is 7.25. The molecule has 1 unspecified atom stereocenters. The number of benzene rings is 1. The molecule has 1 aliphatic carbocycles. The minimum absolute atomic E-state index is 0.191. The molecule has 2 aromatic rings. The van der Waals surface area contributed by atoms with E-state index < -0.39 is 5.60 Å². The summed E-state index contributed by atoms with van der Waals surface area (Å²) in [6.45, 7) is 16.7. The molecule has 1 amide bonds. The molecule has 0 saturated carbocycles. The fourth-order valence-electron chi connectivity index (χ4n) is 5.31. The highest BCUT2D eigenvalue weighted by atomic mass is 32.1. The zero-order valence-corrected chi connectivity index (χ0v) is 23.5. The van der Waals surface area contributed by atoms with Crippen molar-refractivity contribution < 1.29 is 9.53 Å². The number of nitrogens with zero attached hydrogens (tertiary/aromatic N) is 2. The summed E-state index contributed by atoms with van der Waals surface area (Å²) in [5.41, 5.74) is 5.15. The van der Waals surface area contributed by atoms with Gasteiger partial charge in [0.15, 0.2) is 5.13 Å². The summed E-state index contributed by atoms with van der Waals surface area (Å²) in [6, 6.07) is 7.26. The summed E-state index contributed by atoms with van der Waals surface area (Å²) in [4.78, 5) is 19.4. The van der Waals surface area contributed by atoms with Gasteiger partial charge >= 0.3 is 6.09 Å². The second kappa shape index (κ2) is 9.76. The first kappa shape index (κ1) is 26.0. The molecule has 192 valence electrons. The Morgan fingerprint density at radius 2 is 1.77 bits per heavy atom. The number of hydrogen-bond acceptors (Lipinski definition) is 5. The largest absolute Gasteiger partial charge is 0.444 e. The predicted molar refractivity (Wildman–Crippen MR) is 147 cm³/mol. The number of ether oxygens (including phenoxy) is 1. The number of likely N-dealkylation sites (tertiary alicyclic amines) is 1. The highest BCUT2D eigenvalue weighted by Crippen LogP contribution is 2.46. The summed E-state index contributed by atoms with van der Waals surface area (Å²) in [5, 5.41) is 6.80. The lowest BCUT2D eigenvalue weighted by Gasteiger charge is -2.42. The number of carbonyl (C=O) groups excluding carboxylic acids is 1. The van der Waals surface area contributed by atoms with Crippen molar-refractivity contribution >= 4 is 22.6 Å². The van der Waals surface area contributed by atoms with E-state index >= 15 is 0 Å². The van der Waals surface area contributed by atoms with Crippen LogP contribution in [0.25, 0.3) is 11.3 Å². The van der Waals surface area contributed by atoms with Crippen LogP contribution in [0, 0.1) is 0 Å². The lowest BCUT2D eigenvalue weighted by atomic mass is 9.63. The van der Waals surface area contributed by atoms with Crippen LogP contribution in [0.3, 0.4) is 0 Å². The Balaban J connectivity index is 1.44. The first-order valence-corrected chi connectivity index (χ1v) is 14.1. The molecule has 6 heteroatoms. The Labute approximate surface area is 215 Å². The van der Waals surface area contributed by atoms with E-state index in [2.05, 4.69) is 56.6 Å². The minimum atomic E-state index is -0.462. The lowest BCUT2D eigenvalue weighted by Crippen LogP contribution is -2.40. The van der Waals surface area contributed by atoms with Crippen LogP contribution in [0.1, 0.15) is 98.1 Å². The maximum atomic E-state index is 12.6. The summed E-state index contributed by atoms with van der Waals surface area (Å²) in [7, 11) is 0. The van der Waals surface area contributed by atoms with E-state index in [1.54, 1.807) is 11.3 Å². The molecule has 35 heavy (non-hydrogen) atoms. The number of fused-ring (bicyclic) bond motifs is 1. The highest BCUT2D eigenvalue weighted by Gasteiger charge is 2.37. The highest BCUT2D eigenvalue weighted by molar-refractivity contribution is 7.14. The van der Waals surface area contributed by atoms with Gasteiger partial charge in [-0.2, -0.15) is 0 Å². The summed E-state index contributed by atoms with van der Waals surface area (Å²) < 4.78 is 5.60. The third kappa shape index (κ3) is 6.19. The van der Waals surface area contributed by atoms with Gasteiger partial charge in [0, 0.05) is 30.1 Å². The molecule has 1 aliphatic heterocycles. The molecular formula is C29H43N3O2S. The molecule has 2 heterocycles. The Morgan fingerprint density at radius 1 is 1.06 bits per heavy atom. The predicted octanol–water partition coefficient (Wildman–Crippen LogP) is 7.75. The molecule has 0 radical (unpaired) electrons. The van der Waals surface area contributed by atoms with Crippen LogP contribution in [0.4, 0.5) is 9.93 Å². The fourth-order valence-corrected chi connectivity index (χ4v) is 6.11. The number of hydrogen-bond donors (Lipinski definition) is 1. The molecule has 5 nitrogen and oxygen atoms in total. The van der Waals surface area contributed by atoms with Gasteiger partial charge in [-0.05, 0) is 87.3 Å². The smallest absolute Gasteiger partial charge is 0.410 e. The van der Waals surface area contributed by atoms with E-state index in [-0.39, 0.29) is 16.9 Å². The monoisotopic (exact) mass is 497 g/mol. The normalized spacial score (nSPS) is 22.0. The second-order valence-electron chi connectivity index (χ2n) is 12.7. The molecule has 1 atom stereocenters. The van der Waals surface area contributed by atoms with Gasteiger partial charge in [0.1, 0.15) is 5.60 Å². The number of aromatic nitrogens is 1. The molecule has 1 aromatic carbocycles. The van der Waals surface area contributed by atoms with Crippen LogP contribution in [0.5, 0.6) is 0 Å². The number of anilines is 1. The maximum absolute atomic E-state index is 12.6. The molecule has 2 aliphatic rings. The van der Waals surface area contributed by atoms with E-state index in [9.17, 15) is 4.79 Å². The van der Waals surface area contributed by atoms with E-state index in [1.807, 2.05) is 25.7 Å². The minimum Gasteiger partial charge on any atom is -0.444 e. The van der Waals surface area contributed by atoms with Crippen LogP contribution < -0.4 is 5.32 Å². The van der Waals surface area contributed by atoms with Gasteiger partial charge in [-0.3, -0.25) is 0 Å². The van der Waals surface area contributed by atoms with Crippen molar-refractivity contribution in [3.63, 3.8) is 0 Å². The van der Waals surface area contributed by atoms with Gasteiger partial charge in [0.2, 0.25) is 0 Å². The number of carbonyl (C=O) groups is 1. The molecule has 1 N–H and O–H groups in total. The first-order valence-electron chi connectivity index (χ1n) is 13.2. The van der Waals surface area contributed by atoms with Gasteiger partial charge < -0.3 is 15.0 Å². The molecule has 0 spiro atoms. The van der Waals surface area contributed by atoms with E-state index in [1.165, 1.54) is 29.5 Å². The van der Waals surface area contributed by atoms with E-state index in [4.69, 9.17) is 9.72 Å². The van der Waals surface area contributed by atoms with Gasteiger partial charge in [-0.15, -0.1) is 11.3 Å². The van der Waals surface area contributed by atoms with Gasteiger partial charge in [0.05, 0.1) is 5.69 Å². The molecular weight excluding hydrogens is 454 g/mol. The molecule has 1 saturated heterocycles. The first-order chi connectivity index (χ1) is 16.3. The van der Waals surface area contributed by atoms with E-state index in [0.717, 1.165) is 43.1 Å². The van der Waals surface area contributed by atoms with Crippen molar-refractivity contribution in [3.8, 4) is 11.3 Å². The second-order valence-corrected chi connectivity index (χ2v) is 13.5. The van der Waals surface area contributed by atoms with Crippen LogP contribution in [0.2, 0.25) is 0 Å². The average molecular weight is 498 g/mol. The topological polar surface area (TPSA) is 54.5 Å². The Bertz CT molecular complexity index is 1050. The lowest BCUT2D eigenvalue weighted by molar-refractivity contribution is 0.0234. The summed E-state index contributed by atoms with van der Waals surface area (Å²) >= 11 is 1.67. The number of rotatable bonds is 3. The third-order valence-electron chi connectivity index (χ3n) is 7.61. The zero-order valence-electron chi connectivity index (χ0n) is 22.7. The standard InChI is InChI=1S/C29H43N3O2S/c1-27(2,3)34-26(33)32-16-9-8-10-21(13-17-32)30-25-31-24(19-35-25)20-11-12-22-23(18-20)29(6,7)15-14-28(22,4)5/h11-12,18-19,21H,8-10,13-17H2,1-7H3,(H,30,31). The summed E-state index contributed by atoms with van der Waals surface area (Å²) in [5.74, 6) is 0. The SMILES string of the molecule is CC(C)(C)OC(=O)N1CCCCC(Nc2nc(-c3ccc4c(c3)C(C)(C)CCC4(C)C)cs2)CC1. The third-order valence-corrected chi connectivity index (χ3v) is 8.38. The number of thiazole rings is 1. The molecule has 0 bridgehead atoms. The number of nitrogens with one attached hydrogen (secondary N) is 1. The number of amides is 1. The van der Waals surface area contributed by atoms with Crippen molar-refractivity contribution in [2.45, 2.75) is 109 Å². The Morgan fingerprint density at radius 3 is 2.49 bits per heavy atom. The van der Waals surface area contributed by atoms with Crippen LogP contribution in [-0.2, 0) is 15.6 Å². The molecule has 1 fully saturated rings. The van der Waals surface area contributed by atoms with Crippen molar-refractivity contribution in [2.24, 2.45) is 0 Å². The quantitative estimate of drug-likeness (QED) is 0.471. The maximum Gasteiger partial charge on any atom is 0.410 e. The van der Waals surface area contributed by atoms with Gasteiger partial charge in [-0.25, -0.2) is 9.78 Å². The fraction of sp³-hybridized carbons (Fsp3) is 0.655. The van der Waals surface area contributed by atoms with Crippen molar-refractivity contribution in [1.82, 2.24) is 9.88 Å². The van der Waals surface area contributed by atoms with Gasteiger partial charge in [-0.1, -0.05) is 39.8 Å². The van der Waals surface area contributed by atoms with Crippen molar-refractivity contribution in [2.75, 3.05) is 18.4 Å². The van der Waals surface area contributed by atoms with Gasteiger partial charge in [0.25, 0.3) is 0 Å². The van der Waals surface area contributed by atoms with Crippen LogP contribution >= 0.6 is 11.3 Å². The van der Waals surface area contributed by atoms with Crippen molar-refractivity contribution in [3.05, 3.63) is 34.7 Å². The Hall–Kier alpha value is -2.08. The van der Waals surface area contributed by atoms with Crippen LogP contribution in [-0.4, -0.2) is 40.7 Å². The van der Waals surface area contributed by atoms with E-state index in [0.29, 0.717) is 12.6 Å². The van der Waals surface area contributed by atoms with Crippen molar-refractivity contribution in [1.29, 1.82) is 0 Å². The summed E-state index contributed by atoms with van der Waals surface area (Å²) in [6.07, 6.45) is 6.32. The molecule has 1 aromatic heterocycles. The molecule has 4 rings (SSSR count). The van der Waals surface area contributed by atoms with Crippen LogP contribution in [0.15, 0.2) is 23.6 Å². The average Bonchev–Trinajstić information content (AvgIpc) is 3.21. The zero-order chi connectivity index (χ0) is 25.4.